The van der Waals surface area contributed by atoms with Gasteiger partial charge in [-0.25, -0.2) is 0 Å². The van der Waals surface area contributed by atoms with Crippen LogP contribution in [0.5, 0.6) is 5.75 Å². The normalized spacial score (nSPS) is 10.9. The van der Waals surface area contributed by atoms with E-state index in [1.807, 2.05) is 0 Å². The zero-order valence-electron chi connectivity index (χ0n) is 8.94. The van der Waals surface area contributed by atoms with Gasteiger partial charge in [0.25, 0.3) is 0 Å². The molecule has 0 amide bonds. The first-order valence-corrected chi connectivity index (χ1v) is 5.29. The largest absolute Gasteiger partial charge is 0.434 e. The van der Waals surface area contributed by atoms with Gasteiger partial charge in [0.15, 0.2) is 5.76 Å². The molecule has 0 radical (unpaired) electrons. The van der Waals surface area contributed by atoms with Crippen molar-refractivity contribution in [3.05, 3.63) is 35.0 Å². The number of benzene rings is 1. The Morgan fingerprint density at radius 1 is 1.39 bits per heavy atom. The maximum Gasteiger partial charge on any atom is 0.387 e. The first-order valence-electron chi connectivity index (χ1n) is 4.91. The van der Waals surface area contributed by atoms with Gasteiger partial charge in [0, 0.05) is 11.1 Å². The SMILES string of the molecule is OCc1cc(-c2cc(Cl)ccc2OC(F)F)on1. The van der Waals surface area contributed by atoms with Crippen LogP contribution in [-0.4, -0.2) is 16.9 Å². The molecule has 18 heavy (non-hydrogen) atoms. The molecular formula is C11H8ClF2NO3. The Hall–Kier alpha value is -1.66. The van der Waals surface area contributed by atoms with Gasteiger partial charge in [-0.15, -0.1) is 0 Å². The number of aromatic nitrogens is 1. The second kappa shape index (κ2) is 5.32. The second-order valence-electron chi connectivity index (χ2n) is 3.36. The van der Waals surface area contributed by atoms with E-state index in [1.54, 1.807) is 0 Å². The molecule has 0 aliphatic carbocycles. The molecule has 0 aliphatic heterocycles. The van der Waals surface area contributed by atoms with Gasteiger partial charge in [0.05, 0.1) is 12.2 Å². The Bertz CT molecular complexity index is 545. The van der Waals surface area contributed by atoms with Crippen LogP contribution >= 0.6 is 11.6 Å². The molecule has 7 heteroatoms. The average Bonchev–Trinajstić information content (AvgIpc) is 2.79. The van der Waals surface area contributed by atoms with E-state index in [0.29, 0.717) is 5.02 Å². The minimum atomic E-state index is -2.95. The van der Waals surface area contributed by atoms with Crippen LogP contribution in [0.1, 0.15) is 5.69 Å². The maximum absolute atomic E-state index is 12.2. The van der Waals surface area contributed by atoms with Crippen molar-refractivity contribution in [1.29, 1.82) is 0 Å². The van der Waals surface area contributed by atoms with Crippen LogP contribution in [0.2, 0.25) is 5.02 Å². The van der Waals surface area contributed by atoms with Crippen molar-refractivity contribution < 1.29 is 23.1 Å². The third-order valence-corrected chi connectivity index (χ3v) is 2.38. The Balaban J connectivity index is 2.43. The lowest BCUT2D eigenvalue weighted by Gasteiger charge is -2.08. The number of halogens is 3. The van der Waals surface area contributed by atoms with Gasteiger partial charge in [-0.2, -0.15) is 8.78 Å². The fraction of sp³-hybridized carbons (Fsp3) is 0.182. The fourth-order valence-electron chi connectivity index (χ4n) is 1.41. The molecule has 1 aromatic carbocycles. The van der Waals surface area contributed by atoms with Crippen LogP contribution in [0.4, 0.5) is 8.78 Å². The van der Waals surface area contributed by atoms with Crippen molar-refractivity contribution in [2.24, 2.45) is 0 Å². The van der Waals surface area contributed by atoms with Gasteiger partial charge in [-0.3, -0.25) is 0 Å². The van der Waals surface area contributed by atoms with E-state index >= 15 is 0 Å². The molecule has 0 bridgehead atoms. The topological polar surface area (TPSA) is 55.5 Å². The van der Waals surface area contributed by atoms with E-state index in [9.17, 15) is 8.78 Å². The summed E-state index contributed by atoms with van der Waals surface area (Å²) in [5.41, 5.74) is 0.531. The van der Waals surface area contributed by atoms with Crippen LogP contribution in [-0.2, 0) is 6.61 Å². The summed E-state index contributed by atoms with van der Waals surface area (Å²) in [5, 5.41) is 12.8. The van der Waals surface area contributed by atoms with Crippen LogP contribution < -0.4 is 4.74 Å². The van der Waals surface area contributed by atoms with E-state index in [2.05, 4.69) is 9.89 Å². The number of rotatable bonds is 4. The summed E-state index contributed by atoms with van der Waals surface area (Å²) in [6.45, 7) is -3.26. The van der Waals surface area contributed by atoms with Crippen molar-refractivity contribution in [3.8, 4) is 17.1 Å². The molecule has 2 rings (SSSR count). The molecule has 4 nitrogen and oxygen atoms in total. The highest BCUT2D eigenvalue weighted by molar-refractivity contribution is 6.30. The number of aliphatic hydroxyl groups excluding tert-OH is 1. The molecule has 0 saturated heterocycles. The smallest absolute Gasteiger partial charge is 0.387 e. The highest BCUT2D eigenvalue weighted by Crippen LogP contribution is 2.33. The van der Waals surface area contributed by atoms with E-state index < -0.39 is 6.61 Å². The van der Waals surface area contributed by atoms with Crippen LogP contribution in [0, 0.1) is 0 Å². The summed E-state index contributed by atoms with van der Waals surface area (Å²) in [6.07, 6.45) is 0. The second-order valence-corrected chi connectivity index (χ2v) is 3.80. The average molecular weight is 276 g/mol. The Morgan fingerprint density at radius 3 is 2.78 bits per heavy atom. The number of aliphatic hydroxyl groups is 1. The third-order valence-electron chi connectivity index (χ3n) is 2.14. The summed E-state index contributed by atoms with van der Waals surface area (Å²) in [4.78, 5) is 0. The van der Waals surface area contributed by atoms with E-state index in [-0.39, 0.29) is 29.4 Å². The van der Waals surface area contributed by atoms with Gasteiger partial charge in [0.1, 0.15) is 11.4 Å². The molecule has 1 N–H and O–H groups in total. The molecule has 2 aromatic rings. The predicted molar refractivity (Wildman–Crippen MR) is 59.5 cm³/mol. The molecule has 1 aromatic heterocycles. The zero-order chi connectivity index (χ0) is 13.1. The Kier molecular flexibility index (Phi) is 3.78. The minimum absolute atomic E-state index is 0.0740. The maximum atomic E-state index is 12.2. The lowest BCUT2D eigenvalue weighted by atomic mass is 10.1. The third kappa shape index (κ3) is 2.77. The molecule has 0 saturated carbocycles. The number of ether oxygens (including phenoxy) is 1. The zero-order valence-corrected chi connectivity index (χ0v) is 9.69. The molecule has 0 atom stereocenters. The fourth-order valence-corrected chi connectivity index (χ4v) is 1.58. The lowest BCUT2D eigenvalue weighted by molar-refractivity contribution is -0.0495. The molecule has 1 heterocycles. The van der Waals surface area contributed by atoms with Crippen LogP contribution in [0.25, 0.3) is 11.3 Å². The van der Waals surface area contributed by atoms with Crippen molar-refractivity contribution in [3.63, 3.8) is 0 Å². The summed E-state index contributed by atoms with van der Waals surface area (Å²) in [7, 11) is 0. The van der Waals surface area contributed by atoms with Crippen molar-refractivity contribution in [2.75, 3.05) is 0 Å². The quantitative estimate of drug-likeness (QED) is 0.931. The van der Waals surface area contributed by atoms with Crippen LogP contribution in [0.3, 0.4) is 0 Å². The number of hydrogen-bond donors (Lipinski definition) is 1. The molecular weight excluding hydrogens is 268 g/mol. The van der Waals surface area contributed by atoms with Crippen molar-refractivity contribution >= 4 is 11.6 Å². The summed E-state index contributed by atoms with van der Waals surface area (Å²) in [6, 6.07) is 5.57. The number of nitrogens with zero attached hydrogens (tertiary/aromatic N) is 1. The standard InChI is InChI=1S/C11H8ClF2NO3/c12-6-1-2-9(17-11(13)14)8(3-6)10-4-7(5-16)15-18-10/h1-4,11,16H,5H2. The van der Waals surface area contributed by atoms with Crippen molar-refractivity contribution in [1.82, 2.24) is 5.16 Å². The predicted octanol–water partition coefficient (Wildman–Crippen LogP) is 3.09. The van der Waals surface area contributed by atoms with Gasteiger partial charge < -0.3 is 14.4 Å². The molecule has 0 spiro atoms. The first-order chi connectivity index (χ1) is 8.60. The van der Waals surface area contributed by atoms with Gasteiger partial charge in [0.2, 0.25) is 0 Å². The Morgan fingerprint density at radius 2 is 2.17 bits per heavy atom. The molecule has 0 fully saturated rings. The molecule has 0 unspecified atom stereocenters. The van der Waals surface area contributed by atoms with Crippen LogP contribution in [0.15, 0.2) is 28.8 Å². The summed E-state index contributed by atoms with van der Waals surface area (Å²) in [5.74, 6) is 0.118. The van der Waals surface area contributed by atoms with Gasteiger partial charge >= 0.3 is 6.61 Å². The highest BCUT2D eigenvalue weighted by Gasteiger charge is 2.15. The highest BCUT2D eigenvalue weighted by atomic mass is 35.5. The number of hydrogen-bond acceptors (Lipinski definition) is 4. The van der Waals surface area contributed by atoms with E-state index in [0.717, 1.165) is 0 Å². The monoisotopic (exact) mass is 275 g/mol. The van der Waals surface area contributed by atoms with E-state index in [4.69, 9.17) is 21.2 Å². The summed E-state index contributed by atoms with van der Waals surface area (Å²) >= 11 is 5.79. The van der Waals surface area contributed by atoms with Gasteiger partial charge in [-0.1, -0.05) is 16.8 Å². The number of alkyl halides is 2. The van der Waals surface area contributed by atoms with Crippen molar-refractivity contribution in [2.45, 2.75) is 13.2 Å². The van der Waals surface area contributed by atoms with E-state index in [1.165, 1.54) is 24.3 Å². The Labute approximate surface area is 106 Å². The minimum Gasteiger partial charge on any atom is -0.434 e. The van der Waals surface area contributed by atoms with Gasteiger partial charge in [-0.05, 0) is 18.2 Å². The first kappa shape index (κ1) is 12.8. The lowest BCUT2D eigenvalue weighted by Crippen LogP contribution is -2.02. The summed E-state index contributed by atoms with van der Waals surface area (Å²) < 4.78 is 33.8. The molecule has 96 valence electrons. The molecule has 0 aliphatic rings.